The molecule has 0 aromatic carbocycles. The van der Waals surface area contributed by atoms with Gasteiger partial charge in [0.2, 0.25) is 0 Å². The van der Waals surface area contributed by atoms with Gasteiger partial charge in [0.25, 0.3) is 0 Å². The van der Waals surface area contributed by atoms with Crippen molar-refractivity contribution in [3.05, 3.63) is 12.8 Å². The zero-order chi connectivity index (χ0) is 14.4. The Morgan fingerprint density at radius 3 is 0.588 bits per heavy atom. The van der Waals surface area contributed by atoms with Crippen LogP contribution in [0.5, 0.6) is 0 Å². The number of hydrogen-bond acceptors (Lipinski definition) is 2. The van der Waals surface area contributed by atoms with E-state index in [4.69, 9.17) is 9.59 Å². The fourth-order valence-electron chi connectivity index (χ4n) is 0. The third-order valence-corrected chi connectivity index (χ3v) is 0. The van der Waals surface area contributed by atoms with E-state index in [-0.39, 0.29) is 21.7 Å². The van der Waals surface area contributed by atoms with Gasteiger partial charge < -0.3 is 22.4 Å². The van der Waals surface area contributed by atoms with Crippen molar-refractivity contribution in [3.8, 4) is 0 Å². The largest absolute Gasteiger partial charge is 2.00 e. The van der Waals surface area contributed by atoms with Gasteiger partial charge in [-0.15, -0.1) is 0 Å². The summed E-state index contributed by atoms with van der Waals surface area (Å²) in [5.74, 6) is 0. The topological polar surface area (TPSA) is 40.5 Å². The first kappa shape index (κ1) is 30.8. The molecular formula is C12H34O2Si2Ti. The van der Waals surface area contributed by atoms with Crippen molar-refractivity contribution < 1.29 is 31.3 Å². The zero-order valence-corrected chi connectivity index (χ0v) is 17.1. The first-order valence-corrected chi connectivity index (χ1v) is 12.7. The molecule has 0 aromatic heterocycles. The molecule has 5 heteroatoms. The van der Waals surface area contributed by atoms with Gasteiger partial charge in [-0.3, -0.25) is 0 Å². The fourth-order valence-corrected chi connectivity index (χ4v) is 0. The van der Waals surface area contributed by atoms with Crippen molar-refractivity contribution in [2.45, 2.75) is 67.0 Å². The van der Waals surface area contributed by atoms with Gasteiger partial charge in [0, 0.05) is 0 Å². The Morgan fingerprint density at radius 1 is 0.588 bits per heavy atom. The molecule has 0 atom stereocenters. The maximum absolute atomic E-state index is 8.66. The summed E-state index contributed by atoms with van der Waals surface area (Å²) in [5.41, 5.74) is 0. The van der Waals surface area contributed by atoms with Crippen LogP contribution in [0.3, 0.4) is 0 Å². The van der Waals surface area contributed by atoms with Crippen LogP contribution in [0, 0.1) is 12.8 Å². The van der Waals surface area contributed by atoms with Gasteiger partial charge in [0.1, 0.15) is 0 Å². The van der Waals surface area contributed by atoms with Crippen molar-refractivity contribution in [1.82, 2.24) is 0 Å². The van der Waals surface area contributed by atoms with E-state index in [0.29, 0.717) is 0 Å². The summed E-state index contributed by atoms with van der Waals surface area (Å²) in [6.07, 6.45) is 4.00. The van der Waals surface area contributed by atoms with Crippen LogP contribution in [0.15, 0.2) is 0 Å². The van der Waals surface area contributed by atoms with Crippen LogP contribution in [-0.2, 0) is 21.7 Å². The van der Waals surface area contributed by atoms with Crippen molar-refractivity contribution in [2.75, 3.05) is 0 Å². The van der Waals surface area contributed by atoms with Gasteiger partial charge in [-0.25, -0.2) is 0 Å². The molecule has 0 heterocycles. The molecule has 0 saturated carbocycles. The van der Waals surface area contributed by atoms with Crippen LogP contribution in [-0.4, -0.2) is 26.2 Å². The molecule has 0 aromatic rings. The molecule has 0 unspecified atom stereocenters. The molecule has 0 bridgehead atoms. The van der Waals surface area contributed by atoms with Crippen LogP contribution in [0.4, 0.5) is 0 Å². The minimum Gasteiger partial charge on any atom is -0.433 e. The van der Waals surface area contributed by atoms with Crippen LogP contribution in [0.2, 0.25) is 39.3 Å². The Morgan fingerprint density at radius 2 is 0.588 bits per heavy atom. The fraction of sp³-hybridized carbons (Fsp3) is 0.833. The second-order valence-electron chi connectivity index (χ2n) is 5.50. The Hall–Kier alpha value is 1.07. The van der Waals surface area contributed by atoms with Gasteiger partial charge in [-0.1, -0.05) is 0 Å². The molecule has 0 aliphatic heterocycles. The monoisotopic (exact) mass is 314 g/mol. The zero-order valence-electron chi connectivity index (χ0n) is 13.5. The molecule has 0 saturated heterocycles. The number of rotatable bonds is 0. The van der Waals surface area contributed by atoms with E-state index < -0.39 is 16.6 Å². The molecule has 17 heavy (non-hydrogen) atoms. The minimum absolute atomic E-state index is 0. The molecule has 0 aliphatic carbocycles. The normalized spacial score (nSPS) is 9.18. The Balaban J connectivity index is -0.0000000381. The van der Waals surface area contributed by atoms with E-state index in [2.05, 4.69) is 0 Å². The summed E-state index contributed by atoms with van der Waals surface area (Å²) < 4.78 is 0. The molecule has 0 rings (SSSR count). The Bertz CT molecular complexity index is 84.1. The average Bonchev–Trinajstić information content (AvgIpc) is 1.79. The van der Waals surface area contributed by atoms with Crippen molar-refractivity contribution in [1.29, 1.82) is 0 Å². The second kappa shape index (κ2) is 19.4. The predicted molar refractivity (Wildman–Crippen MR) is 82.4 cm³/mol. The molecule has 0 amide bonds. The quantitative estimate of drug-likeness (QED) is 0.522. The van der Waals surface area contributed by atoms with Crippen molar-refractivity contribution >= 4 is 16.6 Å². The Labute approximate surface area is 127 Å². The van der Waals surface area contributed by atoms with E-state index in [9.17, 15) is 0 Å². The predicted octanol–water partition coefficient (Wildman–Crippen LogP) is 4.09. The van der Waals surface area contributed by atoms with Gasteiger partial charge in [-0.05, 0) is 39.3 Å². The second-order valence-corrected chi connectivity index (χ2v) is 14.2. The molecule has 0 radical (unpaired) electrons. The maximum atomic E-state index is 8.66. The van der Waals surface area contributed by atoms with E-state index in [1.807, 2.05) is 79.8 Å². The van der Waals surface area contributed by atoms with Crippen LogP contribution < -0.4 is 0 Å². The van der Waals surface area contributed by atoms with Gasteiger partial charge >= 0.3 is 21.7 Å². The smallest absolute Gasteiger partial charge is 0.433 e. The molecule has 2 N–H and O–H groups in total. The summed E-state index contributed by atoms with van der Waals surface area (Å²) in [5, 5.41) is 0. The van der Waals surface area contributed by atoms with Crippen molar-refractivity contribution in [2.24, 2.45) is 0 Å². The standard InChI is InChI=1S/2C3H10OSi.2C3H7.Ti/c2*1-5(2,3)4;2*1-3-2;/h2*4H,1-3H3;2*3H,1-2H3;/q;;2*-1;+2. The summed E-state index contributed by atoms with van der Waals surface area (Å²) in [6.45, 7) is 19.3. The molecule has 0 fully saturated rings. The molecule has 0 spiro atoms. The van der Waals surface area contributed by atoms with E-state index in [1.54, 1.807) is 0 Å². The van der Waals surface area contributed by atoms with E-state index in [0.717, 1.165) is 0 Å². The van der Waals surface area contributed by atoms with E-state index in [1.165, 1.54) is 0 Å². The number of hydrogen-bond donors (Lipinski definition) is 2. The minimum atomic E-state index is -1.61. The van der Waals surface area contributed by atoms with Crippen molar-refractivity contribution in [3.63, 3.8) is 0 Å². The van der Waals surface area contributed by atoms with Gasteiger partial charge in [0.05, 0.1) is 0 Å². The molecule has 0 aliphatic rings. The van der Waals surface area contributed by atoms with Gasteiger partial charge in [0.15, 0.2) is 16.6 Å². The molecule has 2 nitrogen and oxygen atoms in total. The van der Waals surface area contributed by atoms with Crippen LogP contribution in [0.25, 0.3) is 0 Å². The summed E-state index contributed by atoms with van der Waals surface area (Å²) in [7, 11) is -3.22. The summed E-state index contributed by atoms with van der Waals surface area (Å²) in [6, 6.07) is 0. The molecule has 106 valence electrons. The first-order valence-electron chi connectivity index (χ1n) is 5.76. The SMILES string of the molecule is C[CH-]C.C[CH-]C.C[Si](C)(C)O.C[Si](C)(C)O.[Ti+2]. The van der Waals surface area contributed by atoms with Crippen LogP contribution >= 0.6 is 0 Å². The summed E-state index contributed by atoms with van der Waals surface area (Å²) in [4.78, 5) is 17.3. The van der Waals surface area contributed by atoms with Crippen LogP contribution in [0.1, 0.15) is 27.7 Å². The molecular weight excluding hydrogens is 280 g/mol. The van der Waals surface area contributed by atoms with E-state index >= 15 is 0 Å². The average molecular weight is 314 g/mol. The summed E-state index contributed by atoms with van der Waals surface area (Å²) >= 11 is 0. The first-order chi connectivity index (χ1) is 6.83. The van der Waals surface area contributed by atoms with Gasteiger partial charge in [-0.2, -0.15) is 27.7 Å². The maximum Gasteiger partial charge on any atom is 2.00 e. The third kappa shape index (κ3) is 3400. The third-order valence-electron chi connectivity index (χ3n) is 0. The Kier molecular flexibility index (Phi) is 35.2.